The number of ether oxygens (including phenoxy) is 1. The molecule has 0 amide bonds. The number of carboxylic acid groups (broad SMARTS) is 1. The number of carbonyl (C=O) groups is 1. The molecule has 4 aromatic rings. The molecule has 1 N–H and O–H groups in total. The molecular weight excluding hydrogens is 433 g/mol. The smallest absolute Gasteiger partial charge is 0.475 e. The molecule has 0 saturated heterocycles. The zero-order valence-corrected chi connectivity index (χ0v) is 17.7. The second kappa shape index (κ2) is 11.3. The van der Waals surface area contributed by atoms with Crippen LogP contribution in [0.2, 0.25) is 0 Å². The minimum absolute atomic E-state index is 0.559. The Morgan fingerprint density at radius 1 is 0.970 bits per heavy atom. The van der Waals surface area contributed by atoms with Crippen LogP contribution in [-0.2, 0) is 29.1 Å². The zero-order chi connectivity index (χ0) is 23.7. The van der Waals surface area contributed by atoms with Crippen LogP contribution < -0.4 is 0 Å². The second-order valence-electron chi connectivity index (χ2n) is 7.21. The van der Waals surface area contributed by atoms with Gasteiger partial charge in [-0.15, -0.1) is 0 Å². The Balaban J connectivity index is 0.000000383. The van der Waals surface area contributed by atoms with Gasteiger partial charge >= 0.3 is 12.1 Å². The fraction of sp³-hybridized carbons (Fsp3) is 0.200. The van der Waals surface area contributed by atoms with Crippen LogP contribution in [0.15, 0.2) is 85.2 Å². The van der Waals surface area contributed by atoms with Crippen molar-refractivity contribution in [3.63, 3.8) is 0 Å². The first-order chi connectivity index (χ1) is 15.8. The van der Waals surface area contributed by atoms with E-state index in [0.29, 0.717) is 13.2 Å². The highest BCUT2D eigenvalue weighted by molar-refractivity contribution is 5.84. The number of hydrogen-bond acceptors (Lipinski definition) is 3. The maximum atomic E-state index is 10.6. The summed E-state index contributed by atoms with van der Waals surface area (Å²) in [5, 5.41) is 8.44. The van der Waals surface area contributed by atoms with Gasteiger partial charge in [-0.05, 0) is 35.7 Å². The van der Waals surface area contributed by atoms with E-state index in [0.717, 1.165) is 18.7 Å². The van der Waals surface area contributed by atoms with Gasteiger partial charge in [0.25, 0.3) is 0 Å². The highest BCUT2D eigenvalue weighted by Gasteiger charge is 2.38. The fourth-order valence-electron chi connectivity index (χ4n) is 3.28. The Labute approximate surface area is 189 Å². The predicted molar refractivity (Wildman–Crippen MR) is 119 cm³/mol. The van der Waals surface area contributed by atoms with Crippen molar-refractivity contribution in [3.05, 3.63) is 102 Å². The lowest BCUT2D eigenvalue weighted by molar-refractivity contribution is -0.192. The van der Waals surface area contributed by atoms with Gasteiger partial charge in [0.1, 0.15) is 0 Å². The summed E-state index contributed by atoms with van der Waals surface area (Å²) in [7, 11) is 0. The molecule has 172 valence electrons. The Morgan fingerprint density at radius 3 is 2.30 bits per heavy atom. The van der Waals surface area contributed by atoms with Crippen molar-refractivity contribution in [2.45, 2.75) is 25.7 Å². The van der Waals surface area contributed by atoms with E-state index < -0.39 is 12.1 Å². The second-order valence-corrected chi connectivity index (χ2v) is 7.21. The van der Waals surface area contributed by atoms with Crippen LogP contribution in [0, 0.1) is 0 Å². The van der Waals surface area contributed by atoms with Crippen LogP contribution in [0.25, 0.3) is 10.9 Å². The Kier molecular flexibility index (Phi) is 8.21. The quantitative estimate of drug-likeness (QED) is 0.374. The van der Waals surface area contributed by atoms with Crippen molar-refractivity contribution in [1.29, 1.82) is 0 Å². The number of carboxylic acids is 1. The molecule has 0 radical (unpaired) electrons. The molecule has 33 heavy (non-hydrogen) atoms. The van der Waals surface area contributed by atoms with E-state index in [-0.39, 0.29) is 0 Å². The molecule has 4 rings (SSSR count). The van der Waals surface area contributed by atoms with Crippen molar-refractivity contribution in [2.24, 2.45) is 0 Å². The first kappa shape index (κ1) is 24.0. The SMILES string of the molecule is O=C(O)C(F)(F)F.c1ccc(Cn2cc(CCOCc3ccccn3)c3ccccc32)cc1. The minimum atomic E-state index is -5.08. The summed E-state index contributed by atoms with van der Waals surface area (Å²) in [6, 6.07) is 25.1. The number of alkyl halides is 3. The summed E-state index contributed by atoms with van der Waals surface area (Å²) < 4.78 is 39.9. The van der Waals surface area contributed by atoms with Gasteiger partial charge in [0.05, 0.1) is 18.9 Å². The largest absolute Gasteiger partial charge is 0.490 e. The molecule has 2 aromatic heterocycles. The number of rotatable bonds is 7. The number of aromatic nitrogens is 2. The van der Waals surface area contributed by atoms with Gasteiger partial charge in [-0.2, -0.15) is 13.2 Å². The lowest BCUT2D eigenvalue weighted by Crippen LogP contribution is -2.21. The molecule has 0 aliphatic rings. The summed E-state index contributed by atoms with van der Waals surface area (Å²) in [6.07, 6.45) is -0.118. The Hall–Kier alpha value is -3.65. The maximum absolute atomic E-state index is 10.6. The molecule has 8 heteroatoms. The predicted octanol–water partition coefficient (Wildman–Crippen LogP) is 5.48. The van der Waals surface area contributed by atoms with Crippen molar-refractivity contribution in [1.82, 2.24) is 9.55 Å². The average Bonchev–Trinajstić information content (AvgIpc) is 3.15. The maximum Gasteiger partial charge on any atom is 0.490 e. The van der Waals surface area contributed by atoms with E-state index in [1.165, 1.54) is 22.0 Å². The molecule has 0 saturated carbocycles. The van der Waals surface area contributed by atoms with Gasteiger partial charge < -0.3 is 14.4 Å². The monoisotopic (exact) mass is 456 g/mol. The normalized spacial score (nSPS) is 11.1. The van der Waals surface area contributed by atoms with Gasteiger partial charge in [-0.25, -0.2) is 4.79 Å². The van der Waals surface area contributed by atoms with Gasteiger partial charge in [0.15, 0.2) is 0 Å². The van der Waals surface area contributed by atoms with E-state index in [1.807, 2.05) is 18.2 Å². The van der Waals surface area contributed by atoms with Crippen molar-refractivity contribution < 1.29 is 27.8 Å². The molecule has 0 atom stereocenters. The van der Waals surface area contributed by atoms with E-state index >= 15 is 0 Å². The van der Waals surface area contributed by atoms with E-state index in [4.69, 9.17) is 14.6 Å². The molecule has 5 nitrogen and oxygen atoms in total. The lowest BCUT2D eigenvalue weighted by Gasteiger charge is -2.05. The van der Waals surface area contributed by atoms with Crippen LogP contribution in [-0.4, -0.2) is 33.4 Å². The number of fused-ring (bicyclic) bond motifs is 1. The molecule has 0 aliphatic heterocycles. The van der Waals surface area contributed by atoms with E-state index in [9.17, 15) is 13.2 Å². The minimum Gasteiger partial charge on any atom is -0.475 e. The third-order valence-electron chi connectivity index (χ3n) is 4.80. The highest BCUT2D eigenvalue weighted by Crippen LogP contribution is 2.23. The Bertz CT molecular complexity index is 1160. The zero-order valence-electron chi connectivity index (χ0n) is 17.7. The molecule has 0 bridgehead atoms. The first-order valence-corrected chi connectivity index (χ1v) is 10.2. The molecule has 0 spiro atoms. The summed E-state index contributed by atoms with van der Waals surface area (Å²) in [5.41, 5.74) is 4.89. The number of aliphatic carboxylic acids is 1. The number of para-hydroxylation sites is 1. The fourth-order valence-corrected chi connectivity index (χ4v) is 3.28. The Morgan fingerprint density at radius 2 is 1.64 bits per heavy atom. The summed E-state index contributed by atoms with van der Waals surface area (Å²) in [6.45, 7) is 2.13. The topological polar surface area (TPSA) is 64.3 Å². The van der Waals surface area contributed by atoms with Gasteiger partial charge in [-0.3, -0.25) is 4.98 Å². The molecular formula is C25H23F3N2O3. The van der Waals surface area contributed by atoms with Crippen LogP contribution in [0.5, 0.6) is 0 Å². The lowest BCUT2D eigenvalue weighted by atomic mass is 10.1. The van der Waals surface area contributed by atoms with Crippen molar-refractivity contribution >= 4 is 16.9 Å². The number of halogens is 3. The number of pyridine rings is 1. The first-order valence-electron chi connectivity index (χ1n) is 10.2. The van der Waals surface area contributed by atoms with Crippen LogP contribution >= 0.6 is 0 Å². The molecule has 0 fully saturated rings. The third kappa shape index (κ3) is 7.18. The summed E-state index contributed by atoms with van der Waals surface area (Å²) >= 11 is 0. The van der Waals surface area contributed by atoms with E-state index in [1.54, 1.807) is 6.20 Å². The number of nitrogens with zero attached hydrogens (tertiary/aromatic N) is 2. The van der Waals surface area contributed by atoms with Crippen molar-refractivity contribution in [3.8, 4) is 0 Å². The molecule has 0 unspecified atom stereocenters. The number of benzene rings is 2. The highest BCUT2D eigenvalue weighted by atomic mass is 19.4. The molecule has 2 heterocycles. The van der Waals surface area contributed by atoms with E-state index in [2.05, 4.69) is 70.3 Å². The van der Waals surface area contributed by atoms with Crippen LogP contribution in [0.1, 0.15) is 16.8 Å². The van der Waals surface area contributed by atoms with Crippen LogP contribution in [0.4, 0.5) is 13.2 Å². The van der Waals surface area contributed by atoms with Gasteiger partial charge in [0.2, 0.25) is 0 Å². The molecule has 2 aromatic carbocycles. The number of hydrogen-bond donors (Lipinski definition) is 1. The average molecular weight is 456 g/mol. The third-order valence-corrected chi connectivity index (χ3v) is 4.80. The van der Waals surface area contributed by atoms with Gasteiger partial charge in [0, 0.05) is 29.8 Å². The molecule has 0 aliphatic carbocycles. The van der Waals surface area contributed by atoms with Gasteiger partial charge in [-0.1, -0.05) is 54.6 Å². The van der Waals surface area contributed by atoms with Crippen molar-refractivity contribution in [2.75, 3.05) is 6.61 Å². The summed E-state index contributed by atoms with van der Waals surface area (Å²) in [4.78, 5) is 13.2. The standard InChI is InChI=1S/C23H22N2O.C2HF3O2/c1-2-8-19(9-3-1)16-25-17-20(22-11-4-5-12-23(22)25)13-15-26-18-21-10-6-7-14-24-21;3-2(4,5)1(6)7/h1-12,14,17H,13,15-16,18H2;(H,6,7). The van der Waals surface area contributed by atoms with Crippen LogP contribution in [0.3, 0.4) is 0 Å². The summed E-state index contributed by atoms with van der Waals surface area (Å²) in [5.74, 6) is -2.76.